The van der Waals surface area contributed by atoms with Gasteiger partial charge in [-0.2, -0.15) is 0 Å². The van der Waals surface area contributed by atoms with E-state index >= 15 is 0 Å². The van der Waals surface area contributed by atoms with Crippen molar-refractivity contribution in [3.05, 3.63) is 22.2 Å². The molecule has 0 bridgehead atoms. The summed E-state index contributed by atoms with van der Waals surface area (Å²) in [5, 5.41) is 0. The zero-order valence-corrected chi connectivity index (χ0v) is 15.3. The quantitative estimate of drug-likeness (QED) is 0.859. The minimum Gasteiger partial charge on any atom is -0.486 e. The number of hydrogen-bond acceptors (Lipinski definition) is 4. The minimum atomic E-state index is 0. The second-order valence-corrected chi connectivity index (χ2v) is 6.94. The normalized spacial score (nSPS) is 22.8. The van der Waals surface area contributed by atoms with Crippen LogP contribution in [0.5, 0.6) is 11.5 Å². The molecule has 2 aliphatic heterocycles. The molecule has 3 rings (SSSR count). The number of likely N-dealkylation sites (tertiary alicyclic amines) is 1. The Bertz CT molecular complexity index is 513. The van der Waals surface area contributed by atoms with Gasteiger partial charge in [-0.3, -0.25) is 4.90 Å². The van der Waals surface area contributed by atoms with E-state index in [0.717, 1.165) is 35.6 Å². The highest BCUT2D eigenvalue weighted by atomic mass is 79.9. The minimum absolute atomic E-state index is 0. The van der Waals surface area contributed by atoms with Crippen LogP contribution in [0.15, 0.2) is 16.6 Å². The molecule has 2 N–H and O–H groups in total. The molecule has 2 heterocycles. The van der Waals surface area contributed by atoms with Crippen LogP contribution in [0.1, 0.15) is 25.3 Å². The third-order valence-electron chi connectivity index (χ3n) is 4.39. The second kappa shape index (κ2) is 7.86. The van der Waals surface area contributed by atoms with Crippen LogP contribution in [0.3, 0.4) is 0 Å². The van der Waals surface area contributed by atoms with Gasteiger partial charge in [-0.1, -0.05) is 15.9 Å². The van der Waals surface area contributed by atoms with Gasteiger partial charge in [-0.05, 0) is 49.9 Å². The summed E-state index contributed by atoms with van der Waals surface area (Å²) < 4.78 is 12.4. The monoisotopic (exact) mass is 390 g/mol. The average Bonchev–Trinajstić information content (AvgIpc) is 2.48. The van der Waals surface area contributed by atoms with Crippen molar-refractivity contribution in [1.82, 2.24) is 4.90 Å². The number of nitrogens with two attached hydrogens (primary N) is 1. The summed E-state index contributed by atoms with van der Waals surface area (Å²) in [6.07, 6.45) is 2.48. The Kier molecular flexibility index (Phi) is 6.38. The highest BCUT2D eigenvalue weighted by molar-refractivity contribution is 9.10. The first-order valence-electron chi connectivity index (χ1n) is 7.69. The van der Waals surface area contributed by atoms with Gasteiger partial charge in [0.25, 0.3) is 0 Å². The number of fused-ring (bicyclic) bond motifs is 1. The molecule has 0 spiro atoms. The summed E-state index contributed by atoms with van der Waals surface area (Å²) in [6.45, 7) is 6.53. The lowest BCUT2D eigenvalue weighted by Gasteiger charge is -2.35. The van der Waals surface area contributed by atoms with E-state index in [1.165, 1.54) is 18.4 Å². The van der Waals surface area contributed by atoms with Gasteiger partial charge in [-0.15, -0.1) is 12.4 Å². The van der Waals surface area contributed by atoms with Crippen molar-refractivity contribution in [3.63, 3.8) is 0 Å². The number of halogens is 2. The molecular weight excluding hydrogens is 368 g/mol. The molecule has 1 fully saturated rings. The maximum atomic E-state index is 6.07. The van der Waals surface area contributed by atoms with Crippen LogP contribution in [0.25, 0.3) is 0 Å². The summed E-state index contributed by atoms with van der Waals surface area (Å²) in [5.41, 5.74) is 7.33. The maximum Gasteiger partial charge on any atom is 0.162 e. The Labute approximate surface area is 146 Å². The van der Waals surface area contributed by atoms with Crippen LogP contribution in [-0.4, -0.2) is 37.2 Å². The van der Waals surface area contributed by atoms with Crippen LogP contribution >= 0.6 is 28.3 Å². The largest absolute Gasteiger partial charge is 0.486 e. The summed E-state index contributed by atoms with van der Waals surface area (Å²) in [5.74, 6) is 2.30. The predicted octanol–water partition coefficient (Wildman–Crippen LogP) is 3.20. The van der Waals surface area contributed by atoms with Crippen molar-refractivity contribution in [2.45, 2.75) is 32.4 Å². The van der Waals surface area contributed by atoms with Crippen LogP contribution in [-0.2, 0) is 6.54 Å². The molecule has 4 nitrogen and oxygen atoms in total. The molecule has 1 saturated heterocycles. The summed E-state index contributed by atoms with van der Waals surface area (Å²) in [7, 11) is 0. The van der Waals surface area contributed by atoms with E-state index in [-0.39, 0.29) is 18.4 Å². The van der Waals surface area contributed by atoms with Crippen LogP contribution in [0.2, 0.25) is 0 Å². The van der Waals surface area contributed by atoms with Crippen molar-refractivity contribution in [1.29, 1.82) is 0 Å². The van der Waals surface area contributed by atoms with Gasteiger partial charge in [0.05, 0.1) is 0 Å². The Balaban J connectivity index is 0.00000176. The number of piperidine rings is 1. The molecule has 1 aromatic carbocycles. The lowest BCUT2D eigenvalue weighted by Crippen LogP contribution is -2.41. The second-order valence-electron chi connectivity index (χ2n) is 6.08. The van der Waals surface area contributed by atoms with E-state index in [2.05, 4.69) is 33.8 Å². The van der Waals surface area contributed by atoms with Gasteiger partial charge in [0.2, 0.25) is 0 Å². The van der Waals surface area contributed by atoms with E-state index in [4.69, 9.17) is 15.2 Å². The van der Waals surface area contributed by atoms with Gasteiger partial charge in [-0.25, -0.2) is 0 Å². The van der Waals surface area contributed by atoms with E-state index in [1.54, 1.807) is 0 Å². The fourth-order valence-electron chi connectivity index (χ4n) is 3.13. The number of benzene rings is 1. The molecule has 2 unspecified atom stereocenters. The van der Waals surface area contributed by atoms with Gasteiger partial charge in [0.15, 0.2) is 11.5 Å². The Morgan fingerprint density at radius 3 is 2.68 bits per heavy atom. The molecule has 2 atom stereocenters. The number of ether oxygens (including phenoxy) is 2. The first-order chi connectivity index (χ1) is 10.1. The van der Waals surface area contributed by atoms with Gasteiger partial charge >= 0.3 is 0 Å². The third-order valence-corrected chi connectivity index (χ3v) is 5.13. The lowest BCUT2D eigenvalue weighted by molar-refractivity contribution is 0.152. The van der Waals surface area contributed by atoms with Crippen molar-refractivity contribution >= 4 is 28.3 Å². The number of nitrogens with zero attached hydrogens (tertiary/aromatic N) is 1. The first kappa shape index (κ1) is 17.9. The smallest absolute Gasteiger partial charge is 0.162 e. The summed E-state index contributed by atoms with van der Waals surface area (Å²) in [6, 6.07) is 4.40. The third kappa shape index (κ3) is 4.07. The SMILES string of the molecule is CC(N)C1CCCN(Cc2cc3c(cc2Br)OCCO3)C1.Cl. The Morgan fingerprint density at radius 2 is 2.00 bits per heavy atom. The van der Waals surface area contributed by atoms with Crippen molar-refractivity contribution in [3.8, 4) is 11.5 Å². The van der Waals surface area contributed by atoms with Crippen molar-refractivity contribution < 1.29 is 9.47 Å². The molecule has 0 radical (unpaired) electrons. The molecule has 2 aliphatic rings. The summed E-state index contributed by atoms with van der Waals surface area (Å²) in [4.78, 5) is 2.49. The molecule has 0 saturated carbocycles. The lowest BCUT2D eigenvalue weighted by atomic mass is 9.92. The van der Waals surface area contributed by atoms with Crippen LogP contribution in [0, 0.1) is 5.92 Å². The molecule has 0 aliphatic carbocycles. The Morgan fingerprint density at radius 1 is 1.32 bits per heavy atom. The molecule has 22 heavy (non-hydrogen) atoms. The molecule has 0 aromatic heterocycles. The van der Waals surface area contributed by atoms with Gasteiger partial charge in [0.1, 0.15) is 13.2 Å². The van der Waals surface area contributed by atoms with Gasteiger partial charge in [0, 0.05) is 23.6 Å². The van der Waals surface area contributed by atoms with E-state index in [9.17, 15) is 0 Å². The van der Waals surface area contributed by atoms with E-state index < -0.39 is 0 Å². The van der Waals surface area contributed by atoms with E-state index in [0.29, 0.717) is 19.1 Å². The summed E-state index contributed by atoms with van der Waals surface area (Å²) >= 11 is 3.66. The topological polar surface area (TPSA) is 47.7 Å². The average molecular weight is 392 g/mol. The molecule has 6 heteroatoms. The zero-order chi connectivity index (χ0) is 14.8. The zero-order valence-electron chi connectivity index (χ0n) is 12.9. The van der Waals surface area contributed by atoms with Crippen LogP contribution in [0.4, 0.5) is 0 Å². The first-order valence-corrected chi connectivity index (χ1v) is 8.49. The fourth-order valence-corrected chi connectivity index (χ4v) is 3.58. The standard InChI is InChI=1S/C16H23BrN2O2.ClH/c1-11(18)12-3-2-4-19(9-12)10-13-7-15-16(8-14(13)17)21-6-5-20-15;/h7-8,11-12H,2-6,9-10,18H2,1H3;1H. The number of rotatable bonds is 3. The highest BCUT2D eigenvalue weighted by Gasteiger charge is 2.24. The maximum absolute atomic E-state index is 6.07. The van der Waals surface area contributed by atoms with Gasteiger partial charge < -0.3 is 15.2 Å². The highest BCUT2D eigenvalue weighted by Crippen LogP contribution is 2.36. The molecule has 0 amide bonds. The number of hydrogen-bond donors (Lipinski definition) is 1. The van der Waals surface area contributed by atoms with E-state index in [1.807, 2.05) is 6.07 Å². The molecule has 124 valence electrons. The Hall–Kier alpha value is -0.490. The van der Waals surface area contributed by atoms with Crippen LogP contribution < -0.4 is 15.2 Å². The predicted molar refractivity (Wildman–Crippen MR) is 94.0 cm³/mol. The van der Waals surface area contributed by atoms with Crippen molar-refractivity contribution in [2.24, 2.45) is 11.7 Å². The molecule has 1 aromatic rings. The molecular formula is C16H24BrClN2O2. The fraction of sp³-hybridized carbons (Fsp3) is 0.625. The van der Waals surface area contributed by atoms with Crippen molar-refractivity contribution in [2.75, 3.05) is 26.3 Å².